The zero-order valence-electron chi connectivity index (χ0n) is 19.7. The number of hydrogen-bond acceptors (Lipinski definition) is 4. The van der Waals surface area contributed by atoms with Crippen molar-refractivity contribution in [1.82, 2.24) is 15.1 Å². The number of allylic oxidation sites excluding steroid dienone is 2. The second-order valence-corrected chi connectivity index (χ2v) is 9.76. The number of nitrogens with one attached hydrogen (secondary N) is 1. The lowest BCUT2D eigenvalue weighted by atomic mass is 9.85. The highest BCUT2D eigenvalue weighted by atomic mass is 35.5. The summed E-state index contributed by atoms with van der Waals surface area (Å²) >= 11 is 12.7. The van der Waals surface area contributed by atoms with Crippen molar-refractivity contribution >= 4 is 46.8 Å². The summed E-state index contributed by atoms with van der Waals surface area (Å²) in [6, 6.07) is 4.20. The number of nitrogens with zero attached hydrogens (tertiary/aromatic N) is 2. The number of fused-ring (bicyclic) bond motifs is 1. The van der Waals surface area contributed by atoms with Crippen molar-refractivity contribution in [1.29, 1.82) is 0 Å². The van der Waals surface area contributed by atoms with Crippen molar-refractivity contribution in [2.75, 3.05) is 6.54 Å². The average molecular weight is 508 g/mol. The van der Waals surface area contributed by atoms with Crippen molar-refractivity contribution < 1.29 is 19.2 Å². The molecule has 4 amide bonds. The molecule has 7 nitrogen and oxygen atoms in total. The van der Waals surface area contributed by atoms with E-state index in [4.69, 9.17) is 23.2 Å². The van der Waals surface area contributed by atoms with Crippen LogP contribution < -0.4 is 5.32 Å². The van der Waals surface area contributed by atoms with Gasteiger partial charge in [0, 0.05) is 41.2 Å². The van der Waals surface area contributed by atoms with E-state index >= 15 is 0 Å². The molecule has 1 aliphatic heterocycles. The molecule has 1 saturated heterocycles. The van der Waals surface area contributed by atoms with E-state index in [1.165, 1.54) is 9.80 Å². The zero-order chi connectivity index (χ0) is 25.0. The maximum absolute atomic E-state index is 13.4. The second kappa shape index (κ2) is 11.4. The number of rotatable bonds is 9. The summed E-state index contributed by atoms with van der Waals surface area (Å²) in [5.74, 6) is -1.80. The van der Waals surface area contributed by atoms with E-state index < -0.39 is 6.04 Å². The molecule has 0 saturated carbocycles. The van der Waals surface area contributed by atoms with E-state index in [9.17, 15) is 19.2 Å². The molecular formula is C25H31Cl2N3O4. The lowest BCUT2D eigenvalue weighted by Crippen LogP contribution is -2.50. The number of carbonyl (C=O) groups excluding carboxylic acids is 4. The minimum absolute atomic E-state index is 0.0179. The van der Waals surface area contributed by atoms with Gasteiger partial charge >= 0.3 is 0 Å². The summed E-state index contributed by atoms with van der Waals surface area (Å²) in [6.07, 6.45) is 5.60. The molecule has 3 rings (SSSR count). The largest absolute Gasteiger partial charge is 0.352 e. The summed E-state index contributed by atoms with van der Waals surface area (Å²) in [6.45, 7) is 5.51. The second-order valence-electron chi connectivity index (χ2n) is 8.95. The van der Waals surface area contributed by atoms with Gasteiger partial charge in [-0.1, -0.05) is 48.3 Å². The Morgan fingerprint density at radius 2 is 1.65 bits per heavy atom. The number of benzene rings is 1. The predicted octanol–water partition coefficient (Wildman–Crippen LogP) is 3.97. The molecule has 1 aliphatic carbocycles. The van der Waals surface area contributed by atoms with Gasteiger partial charge in [0.15, 0.2) is 0 Å². The first-order valence-corrected chi connectivity index (χ1v) is 12.4. The summed E-state index contributed by atoms with van der Waals surface area (Å²) in [4.78, 5) is 54.3. The van der Waals surface area contributed by atoms with Gasteiger partial charge < -0.3 is 10.2 Å². The van der Waals surface area contributed by atoms with E-state index in [-0.39, 0.29) is 61.0 Å². The maximum atomic E-state index is 13.4. The number of halogens is 2. The van der Waals surface area contributed by atoms with Crippen LogP contribution in [0.4, 0.5) is 0 Å². The minimum Gasteiger partial charge on any atom is -0.352 e. The summed E-state index contributed by atoms with van der Waals surface area (Å²) in [5, 5.41) is 3.68. The Labute approximate surface area is 210 Å². The number of amides is 4. The first-order valence-electron chi connectivity index (χ1n) is 11.7. The van der Waals surface area contributed by atoms with Crippen LogP contribution >= 0.6 is 23.2 Å². The highest BCUT2D eigenvalue weighted by Gasteiger charge is 2.47. The molecule has 0 bridgehead atoms. The standard InChI is InChI=1S/C25H31Cl2N3O4/c1-4-15(2)28-23(32)16(3)30(14-19-20(26)10-7-11-21(19)27)22(31)12-13-29-24(33)17-8-5-6-9-18(17)25(29)34/h5-7,10-11,15-18H,4,8-9,12-14H2,1-3H3,(H,28,32)/t15-,16-,17-,18+/m1/s1. The van der Waals surface area contributed by atoms with E-state index in [1.807, 2.05) is 26.0 Å². The molecule has 0 radical (unpaired) electrons. The first kappa shape index (κ1) is 26.2. The normalized spacial score (nSPS) is 21.3. The van der Waals surface area contributed by atoms with Crippen LogP contribution in [0.3, 0.4) is 0 Å². The SMILES string of the molecule is CC[C@@H](C)NC(=O)[C@@H](C)N(Cc1c(Cl)cccc1Cl)C(=O)CCN1C(=O)[C@H]2CC=CC[C@H]2C1=O. The van der Waals surface area contributed by atoms with Gasteiger partial charge in [-0.3, -0.25) is 24.1 Å². The molecule has 0 spiro atoms. The maximum Gasteiger partial charge on any atom is 0.242 e. The molecule has 1 N–H and O–H groups in total. The van der Waals surface area contributed by atoms with Crippen LogP contribution in [0.25, 0.3) is 0 Å². The molecule has 0 aromatic heterocycles. The fourth-order valence-electron chi connectivity index (χ4n) is 4.34. The Morgan fingerprint density at radius 3 is 2.18 bits per heavy atom. The molecule has 1 fully saturated rings. The Hall–Kier alpha value is -2.38. The van der Waals surface area contributed by atoms with Gasteiger partial charge in [-0.15, -0.1) is 0 Å². The molecule has 34 heavy (non-hydrogen) atoms. The number of carbonyl (C=O) groups is 4. The quantitative estimate of drug-likeness (QED) is 0.404. The molecule has 2 aliphatic rings. The summed E-state index contributed by atoms with van der Waals surface area (Å²) < 4.78 is 0. The van der Waals surface area contributed by atoms with Crippen LogP contribution in [0.1, 0.15) is 52.0 Å². The molecule has 1 aromatic carbocycles. The summed E-state index contributed by atoms with van der Waals surface area (Å²) in [7, 11) is 0. The molecule has 4 atom stereocenters. The lowest BCUT2D eigenvalue weighted by molar-refractivity contribution is -0.143. The van der Waals surface area contributed by atoms with Gasteiger partial charge in [-0.05, 0) is 45.2 Å². The van der Waals surface area contributed by atoms with E-state index in [1.54, 1.807) is 25.1 Å². The average Bonchev–Trinajstić information content (AvgIpc) is 3.06. The molecule has 0 unspecified atom stereocenters. The summed E-state index contributed by atoms with van der Waals surface area (Å²) in [5.41, 5.74) is 0.535. The van der Waals surface area contributed by atoms with Gasteiger partial charge in [0.25, 0.3) is 0 Å². The number of hydrogen-bond donors (Lipinski definition) is 1. The number of imide groups is 1. The third kappa shape index (κ3) is 5.63. The first-order chi connectivity index (χ1) is 16.1. The Morgan fingerprint density at radius 1 is 1.09 bits per heavy atom. The van der Waals surface area contributed by atoms with Crippen molar-refractivity contribution in [2.24, 2.45) is 11.8 Å². The molecule has 1 aromatic rings. The van der Waals surface area contributed by atoms with E-state index in [2.05, 4.69) is 5.32 Å². The fourth-order valence-corrected chi connectivity index (χ4v) is 4.86. The highest BCUT2D eigenvalue weighted by Crippen LogP contribution is 2.35. The van der Waals surface area contributed by atoms with Gasteiger partial charge in [0.1, 0.15) is 6.04 Å². The van der Waals surface area contributed by atoms with Crippen LogP contribution in [0, 0.1) is 11.8 Å². The van der Waals surface area contributed by atoms with Crippen LogP contribution in [0.15, 0.2) is 30.4 Å². The van der Waals surface area contributed by atoms with Gasteiger partial charge in [-0.25, -0.2) is 0 Å². The van der Waals surface area contributed by atoms with Gasteiger partial charge in [0.2, 0.25) is 23.6 Å². The Bertz CT molecular complexity index is 950. The van der Waals surface area contributed by atoms with Crippen molar-refractivity contribution in [3.05, 3.63) is 46.0 Å². The third-order valence-corrected chi connectivity index (χ3v) is 7.41. The van der Waals surface area contributed by atoms with Crippen LogP contribution in [0.2, 0.25) is 10.0 Å². The lowest BCUT2D eigenvalue weighted by Gasteiger charge is -2.30. The van der Waals surface area contributed by atoms with E-state index in [0.29, 0.717) is 28.5 Å². The van der Waals surface area contributed by atoms with Crippen LogP contribution in [-0.2, 0) is 25.7 Å². The Kier molecular flexibility index (Phi) is 8.77. The van der Waals surface area contributed by atoms with Gasteiger partial charge in [-0.2, -0.15) is 0 Å². The fraction of sp³-hybridized carbons (Fsp3) is 0.520. The number of likely N-dealkylation sites (tertiary alicyclic amines) is 1. The molecule has 184 valence electrons. The van der Waals surface area contributed by atoms with Crippen LogP contribution in [0.5, 0.6) is 0 Å². The smallest absolute Gasteiger partial charge is 0.242 e. The zero-order valence-corrected chi connectivity index (χ0v) is 21.2. The Balaban J connectivity index is 1.76. The molecular weight excluding hydrogens is 477 g/mol. The minimum atomic E-state index is -0.800. The van der Waals surface area contributed by atoms with E-state index in [0.717, 1.165) is 6.42 Å². The van der Waals surface area contributed by atoms with Crippen LogP contribution in [-0.4, -0.2) is 52.1 Å². The molecule has 1 heterocycles. The third-order valence-electron chi connectivity index (χ3n) is 6.71. The van der Waals surface area contributed by atoms with Crippen molar-refractivity contribution in [3.8, 4) is 0 Å². The van der Waals surface area contributed by atoms with Crippen molar-refractivity contribution in [3.63, 3.8) is 0 Å². The topological polar surface area (TPSA) is 86.8 Å². The van der Waals surface area contributed by atoms with Gasteiger partial charge in [0.05, 0.1) is 11.8 Å². The van der Waals surface area contributed by atoms with Crippen molar-refractivity contribution in [2.45, 2.75) is 65.1 Å². The monoisotopic (exact) mass is 507 g/mol. The highest BCUT2D eigenvalue weighted by molar-refractivity contribution is 6.36. The molecule has 9 heteroatoms. The predicted molar refractivity (Wildman–Crippen MR) is 131 cm³/mol.